The fourth-order valence-corrected chi connectivity index (χ4v) is 2.42. The van der Waals surface area contributed by atoms with E-state index in [1.165, 1.54) is 7.05 Å². The van der Waals surface area contributed by atoms with E-state index in [0.29, 0.717) is 18.1 Å². The summed E-state index contributed by atoms with van der Waals surface area (Å²) in [6.07, 6.45) is 1.61. The average molecular weight is 338 g/mol. The first-order chi connectivity index (χ1) is 12.1. The Labute approximate surface area is 145 Å². The highest BCUT2D eigenvalue weighted by molar-refractivity contribution is 6.13. The zero-order valence-electron chi connectivity index (χ0n) is 14.0. The molecule has 3 amide bonds. The maximum absolute atomic E-state index is 12.0. The highest BCUT2D eigenvalue weighted by atomic mass is 16.5. The van der Waals surface area contributed by atoms with Crippen LogP contribution in [0.1, 0.15) is 11.1 Å². The number of hydrogen-bond acceptors (Lipinski definition) is 4. The van der Waals surface area contributed by atoms with Crippen molar-refractivity contribution >= 4 is 18.0 Å². The molecule has 1 fully saturated rings. The number of carbonyl (C=O) groups excluding carboxylic acids is 2. The predicted octanol–water partition coefficient (Wildman–Crippen LogP) is 2.80. The Morgan fingerprint density at radius 1 is 1.08 bits per heavy atom. The van der Waals surface area contributed by atoms with Gasteiger partial charge in [0.2, 0.25) is 0 Å². The van der Waals surface area contributed by atoms with Crippen molar-refractivity contribution in [3.63, 3.8) is 0 Å². The van der Waals surface area contributed by atoms with Crippen LogP contribution in [0.3, 0.4) is 0 Å². The minimum Gasteiger partial charge on any atom is -0.493 e. The molecular formula is C19H18N2O4. The third-order valence-corrected chi connectivity index (χ3v) is 3.82. The predicted molar refractivity (Wildman–Crippen MR) is 93.0 cm³/mol. The number of carbonyl (C=O) groups is 2. The molecule has 1 aliphatic heterocycles. The van der Waals surface area contributed by atoms with Gasteiger partial charge in [0.05, 0.1) is 7.11 Å². The van der Waals surface area contributed by atoms with E-state index in [2.05, 4.69) is 5.32 Å². The summed E-state index contributed by atoms with van der Waals surface area (Å²) in [6.45, 7) is 0.398. The number of rotatable bonds is 5. The molecule has 0 unspecified atom stereocenters. The number of urea groups is 1. The third kappa shape index (κ3) is 3.63. The minimum atomic E-state index is -0.440. The van der Waals surface area contributed by atoms with Gasteiger partial charge >= 0.3 is 6.03 Å². The number of methoxy groups -OCH3 is 1. The van der Waals surface area contributed by atoms with Gasteiger partial charge in [-0.1, -0.05) is 36.4 Å². The Balaban J connectivity index is 1.83. The molecule has 0 aliphatic carbocycles. The van der Waals surface area contributed by atoms with E-state index in [1.54, 1.807) is 31.4 Å². The molecular weight excluding hydrogens is 320 g/mol. The van der Waals surface area contributed by atoms with Gasteiger partial charge in [0.1, 0.15) is 12.3 Å². The number of amides is 3. The highest BCUT2D eigenvalue weighted by Crippen LogP contribution is 2.30. The van der Waals surface area contributed by atoms with Gasteiger partial charge in [-0.3, -0.25) is 9.69 Å². The molecule has 1 aliphatic rings. The second-order valence-electron chi connectivity index (χ2n) is 5.54. The maximum Gasteiger partial charge on any atom is 0.328 e. The van der Waals surface area contributed by atoms with Gasteiger partial charge < -0.3 is 14.8 Å². The topological polar surface area (TPSA) is 67.9 Å². The lowest BCUT2D eigenvalue weighted by Crippen LogP contribution is -2.25. The van der Waals surface area contributed by atoms with Gasteiger partial charge in [-0.25, -0.2) is 4.79 Å². The molecule has 2 aromatic rings. The monoisotopic (exact) mass is 338 g/mol. The zero-order chi connectivity index (χ0) is 17.8. The quantitative estimate of drug-likeness (QED) is 0.672. The molecule has 0 saturated carbocycles. The second-order valence-corrected chi connectivity index (χ2v) is 5.54. The number of imide groups is 1. The van der Waals surface area contributed by atoms with Gasteiger partial charge in [0.15, 0.2) is 11.5 Å². The molecule has 0 spiro atoms. The summed E-state index contributed by atoms with van der Waals surface area (Å²) >= 11 is 0. The Morgan fingerprint density at radius 2 is 1.84 bits per heavy atom. The van der Waals surface area contributed by atoms with Gasteiger partial charge in [-0.05, 0) is 29.3 Å². The van der Waals surface area contributed by atoms with Crippen LogP contribution in [0.5, 0.6) is 11.5 Å². The molecule has 6 nitrogen and oxygen atoms in total. The van der Waals surface area contributed by atoms with Crippen LogP contribution in [0, 0.1) is 0 Å². The third-order valence-electron chi connectivity index (χ3n) is 3.82. The van der Waals surface area contributed by atoms with Crippen LogP contribution in [-0.2, 0) is 11.4 Å². The zero-order valence-corrected chi connectivity index (χ0v) is 14.0. The molecule has 3 rings (SSSR count). The SMILES string of the molecule is COc1ccc(/C=C2/NC(=O)N(C)C2=O)cc1OCc1ccccc1. The Morgan fingerprint density at radius 3 is 2.48 bits per heavy atom. The largest absolute Gasteiger partial charge is 0.493 e. The first-order valence-corrected chi connectivity index (χ1v) is 7.74. The van der Waals surface area contributed by atoms with Crippen LogP contribution >= 0.6 is 0 Å². The van der Waals surface area contributed by atoms with Crippen LogP contribution < -0.4 is 14.8 Å². The molecule has 2 aromatic carbocycles. The fourth-order valence-electron chi connectivity index (χ4n) is 2.42. The lowest BCUT2D eigenvalue weighted by atomic mass is 10.1. The summed E-state index contributed by atoms with van der Waals surface area (Å²) in [5.41, 5.74) is 1.99. The van der Waals surface area contributed by atoms with E-state index in [-0.39, 0.29) is 11.6 Å². The number of nitrogens with zero attached hydrogens (tertiary/aromatic N) is 1. The number of ether oxygens (including phenoxy) is 2. The summed E-state index contributed by atoms with van der Waals surface area (Å²) in [6, 6.07) is 14.7. The van der Waals surface area contributed by atoms with E-state index in [1.807, 2.05) is 30.3 Å². The molecule has 1 saturated heterocycles. The van der Waals surface area contributed by atoms with E-state index in [4.69, 9.17) is 9.47 Å². The number of nitrogens with one attached hydrogen (secondary N) is 1. The van der Waals surface area contributed by atoms with Crippen molar-refractivity contribution in [1.29, 1.82) is 0 Å². The molecule has 1 N–H and O–H groups in total. The second kappa shape index (κ2) is 7.09. The van der Waals surface area contributed by atoms with E-state index in [9.17, 15) is 9.59 Å². The van der Waals surface area contributed by atoms with E-state index < -0.39 is 6.03 Å². The smallest absolute Gasteiger partial charge is 0.328 e. The van der Waals surface area contributed by atoms with Crippen LogP contribution in [0.4, 0.5) is 4.79 Å². The standard InChI is InChI=1S/C19H18N2O4/c1-21-18(22)15(20-19(21)23)10-14-8-9-16(24-2)17(11-14)25-12-13-6-4-3-5-7-13/h3-11H,12H2,1-2H3,(H,20,23)/b15-10+. The summed E-state index contributed by atoms with van der Waals surface area (Å²) in [5, 5.41) is 2.53. The maximum atomic E-state index is 12.0. The van der Waals surface area contributed by atoms with Crippen molar-refractivity contribution in [2.24, 2.45) is 0 Å². The summed E-state index contributed by atoms with van der Waals surface area (Å²) < 4.78 is 11.2. The molecule has 0 radical (unpaired) electrons. The molecule has 0 atom stereocenters. The molecule has 25 heavy (non-hydrogen) atoms. The van der Waals surface area contributed by atoms with Gasteiger partial charge in [-0.15, -0.1) is 0 Å². The molecule has 0 aromatic heterocycles. The van der Waals surface area contributed by atoms with Crippen molar-refractivity contribution in [2.75, 3.05) is 14.2 Å². The number of hydrogen-bond donors (Lipinski definition) is 1. The first-order valence-electron chi connectivity index (χ1n) is 7.74. The summed E-state index contributed by atoms with van der Waals surface area (Å²) in [4.78, 5) is 24.5. The molecule has 0 bridgehead atoms. The van der Waals surface area contributed by atoms with Crippen molar-refractivity contribution in [2.45, 2.75) is 6.61 Å². The van der Waals surface area contributed by atoms with Crippen molar-refractivity contribution in [3.05, 3.63) is 65.4 Å². The Hall–Kier alpha value is -3.28. The Bertz CT molecular complexity index is 831. The van der Waals surface area contributed by atoms with Crippen molar-refractivity contribution < 1.29 is 19.1 Å². The van der Waals surface area contributed by atoms with Crippen LogP contribution in [0.25, 0.3) is 6.08 Å². The van der Waals surface area contributed by atoms with Crippen molar-refractivity contribution in [1.82, 2.24) is 10.2 Å². The van der Waals surface area contributed by atoms with Crippen LogP contribution in [0.15, 0.2) is 54.2 Å². The van der Waals surface area contributed by atoms with E-state index >= 15 is 0 Å². The molecule has 128 valence electrons. The van der Waals surface area contributed by atoms with Gasteiger partial charge in [0, 0.05) is 7.05 Å². The summed E-state index contributed by atoms with van der Waals surface area (Å²) in [7, 11) is 3.00. The first kappa shape index (κ1) is 16.6. The van der Waals surface area contributed by atoms with Crippen molar-refractivity contribution in [3.8, 4) is 11.5 Å². The minimum absolute atomic E-state index is 0.228. The fraction of sp³-hybridized carbons (Fsp3) is 0.158. The van der Waals surface area contributed by atoms with Crippen LogP contribution in [-0.4, -0.2) is 31.0 Å². The highest BCUT2D eigenvalue weighted by Gasteiger charge is 2.29. The lowest BCUT2D eigenvalue weighted by Gasteiger charge is -2.11. The Kier molecular flexibility index (Phi) is 4.70. The van der Waals surface area contributed by atoms with E-state index in [0.717, 1.165) is 16.0 Å². The molecule has 6 heteroatoms. The number of benzene rings is 2. The normalized spacial score (nSPS) is 15.4. The lowest BCUT2D eigenvalue weighted by molar-refractivity contribution is -0.121. The molecule has 1 heterocycles. The number of likely N-dealkylation sites (N-methyl/N-ethyl adjacent to an activating group) is 1. The van der Waals surface area contributed by atoms with Crippen LogP contribution in [0.2, 0.25) is 0 Å². The summed E-state index contributed by atoms with van der Waals surface area (Å²) in [5.74, 6) is 0.787. The van der Waals surface area contributed by atoms with Gasteiger partial charge in [-0.2, -0.15) is 0 Å². The average Bonchev–Trinajstić information content (AvgIpc) is 2.88. The van der Waals surface area contributed by atoms with Gasteiger partial charge in [0.25, 0.3) is 5.91 Å².